The number of halogens is 2. The summed E-state index contributed by atoms with van der Waals surface area (Å²) in [5, 5.41) is 0. The van der Waals surface area contributed by atoms with Crippen molar-refractivity contribution in [3.63, 3.8) is 0 Å². The molecule has 0 radical (unpaired) electrons. The quantitative estimate of drug-likeness (QED) is 0.880. The van der Waals surface area contributed by atoms with Crippen LogP contribution in [-0.2, 0) is 6.61 Å². The van der Waals surface area contributed by atoms with E-state index in [9.17, 15) is 8.78 Å². The first-order valence-electron chi connectivity index (χ1n) is 6.47. The molecule has 2 N–H and O–H groups in total. The lowest BCUT2D eigenvalue weighted by Crippen LogP contribution is -2.02. The third kappa shape index (κ3) is 3.80. The molecule has 2 aromatic rings. The Labute approximate surface area is 122 Å². The molecule has 0 aromatic heterocycles. The van der Waals surface area contributed by atoms with Gasteiger partial charge in [-0.3, -0.25) is 0 Å². The van der Waals surface area contributed by atoms with Crippen LogP contribution in [0.5, 0.6) is 5.75 Å². The van der Waals surface area contributed by atoms with Crippen LogP contribution in [0.15, 0.2) is 36.4 Å². The molecule has 2 aromatic carbocycles. The Morgan fingerprint density at radius 1 is 1.19 bits per heavy atom. The highest BCUT2D eigenvalue weighted by Crippen LogP contribution is 2.21. The second-order valence-electron chi connectivity index (χ2n) is 4.51. The fourth-order valence-electron chi connectivity index (χ4n) is 1.83. The van der Waals surface area contributed by atoms with Crippen molar-refractivity contribution in [3.8, 4) is 17.6 Å². The fraction of sp³-hybridized carbons (Fsp3) is 0.176. The summed E-state index contributed by atoms with van der Waals surface area (Å²) in [7, 11) is 0. The number of benzene rings is 2. The largest absolute Gasteiger partial charge is 0.487 e. The van der Waals surface area contributed by atoms with Gasteiger partial charge in [-0.15, -0.1) is 0 Å². The Kier molecular flexibility index (Phi) is 4.91. The highest BCUT2D eigenvalue weighted by molar-refractivity contribution is 5.48. The van der Waals surface area contributed by atoms with Crippen LogP contribution in [0, 0.1) is 30.4 Å². The molecule has 0 aliphatic rings. The number of aryl methyl sites for hydroxylation is 1. The third-order valence-electron chi connectivity index (χ3n) is 2.87. The molecule has 0 bridgehead atoms. The Balaban J connectivity index is 2.22. The van der Waals surface area contributed by atoms with Gasteiger partial charge in [-0.05, 0) is 30.7 Å². The van der Waals surface area contributed by atoms with Crippen LogP contribution >= 0.6 is 0 Å². The molecule has 0 atom stereocenters. The van der Waals surface area contributed by atoms with Crippen molar-refractivity contribution in [2.45, 2.75) is 13.5 Å². The molecular formula is C17H15F2NO. The van der Waals surface area contributed by atoms with Gasteiger partial charge >= 0.3 is 0 Å². The Morgan fingerprint density at radius 2 is 2.00 bits per heavy atom. The average Bonchev–Trinajstić information content (AvgIpc) is 2.48. The standard InChI is InChI=1S/C17H15F2NO/c1-12-7-8-16(13(10-12)5-3-9-20)21-11-14-4-2-6-15(18)17(14)19/h2,4,6-8,10H,9,11,20H2,1H3. The summed E-state index contributed by atoms with van der Waals surface area (Å²) in [6, 6.07) is 9.49. The molecule has 0 spiro atoms. The van der Waals surface area contributed by atoms with Crippen LogP contribution in [0.3, 0.4) is 0 Å². The Morgan fingerprint density at radius 3 is 2.76 bits per heavy atom. The maximum Gasteiger partial charge on any atom is 0.165 e. The van der Waals surface area contributed by atoms with Crippen LogP contribution in [0.2, 0.25) is 0 Å². The summed E-state index contributed by atoms with van der Waals surface area (Å²) in [5.41, 5.74) is 7.23. The minimum atomic E-state index is -0.890. The van der Waals surface area contributed by atoms with Crippen molar-refractivity contribution in [1.29, 1.82) is 0 Å². The molecule has 21 heavy (non-hydrogen) atoms. The lowest BCUT2D eigenvalue weighted by atomic mass is 10.1. The monoisotopic (exact) mass is 287 g/mol. The Hall–Kier alpha value is -2.38. The minimum absolute atomic E-state index is 0.0655. The summed E-state index contributed by atoms with van der Waals surface area (Å²) < 4.78 is 32.3. The highest BCUT2D eigenvalue weighted by Gasteiger charge is 2.09. The predicted octanol–water partition coefficient (Wildman–Crippen LogP) is 3.16. The van der Waals surface area contributed by atoms with E-state index in [0.717, 1.165) is 11.6 Å². The topological polar surface area (TPSA) is 35.2 Å². The van der Waals surface area contributed by atoms with Crippen molar-refractivity contribution < 1.29 is 13.5 Å². The fourth-order valence-corrected chi connectivity index (χ4v) is 1.83. The molecule has 2 rings (SSSR count). The number of nitrogens with two attached hydrogens (primary N) is 1. The molecule has 0 fully saturated rings. The van der Waals surface area contributed by atoms with Gasteiger partial charge in [-0.25, -0.2) is 8.78 Å². The SMILES string of the molecule is Cc1ccc(OCc2cccc(F)c2F)c(C#CCN)c1. The van der Waals surface area contributed by atoms with E-state index in [1.165, 1.54) is 12.1 Å². The number of ether oxygens (including phenoxy) is 1. The van der Waals surface area contributed by atoms with Gasteiger partial charge in [0.05, 0.1) is 12.1 Å². The zero-order valence-corrected chi connectivity index (χ0v) is 11.6. The third-order valence-corrected chi connectivity index (χ3v) is 2.87. The van der Waals surface area contributed by atoms with E-state index in [0.29, 0.717) is 11.3 Å². The zero-order valence-electron chi connectivity index (χ0n) is 11.6. The number of rotatable bonds is 3. The van der Waals surface area contributed by atoms with Gasteiger partial charge in [0.2, 0.25) is 0 Å². The molecule has 0 saturated heterocycles. The van der Waals surface area contributed by atoms with Crippen LogP contribution in [0.25, 0.3) is 0 Å². The van der Waals surface area contributed by atoms with Crippen molar-refractivity contribution in [2.24, 2.45) is 5.73 Å². The molecule has 0 amide bonds. The molecule has 0 aliphatic carbocycles. The van der Waals surface area contributed by atoms with E-state index in [-0.39, 0.29) is 18.7 Å². The smallest absolute Gasteiger partial charge is 0.165 e. The van der Waals surface area contributed by atoms with Crippen molar-refractivity contribution in [1.82, 2.24) is 0 Å². The summed E-state index contributed by atoms with van der Waals surface area (Å²) >= 11 is 0. The summed E-state index contributed by atoms with van der Waals surface area (Å²) in [5.74, 6) is 4.41. The maximum atomic E-state index is 13.6. The average molecular weight is 287 g/mol. The van der Waals surface area contributed by atoms with E-state index in [4.69, 9.17) is 10.5 Å². The predicted molar refractivity (Wildman–Crippen MR) is 77.8 cm³/mol. The van der Waals surface area contributed by atoms with Crippen LogP contribution in [0.4, 0.5) is 8.78 Å². The van der Waals surface area contributed by atoms with E-state index in [2.05, 4.69) is 11.8 Å². The molecule has 0 aliphatic heterocycles. The van der Waals surface area contributed by atoms with E-state index in [1.807, 2.05) is 19.1 Å². The van der Waals surface area contributed by atoms with Crippen LogP contribution in [0.1, 0.15) is 16.7 Å². The lowest BCUT2D eigenvalue weighted by Gasteiger charge is -2.10. The van der Waals surface area contributed by atoms with Gasteiger partial charge in [0.15, 0.2) is 11.6 Å². The molecular weight excluding hydrogens is 272 g/mol. The van der Waals surface area contributed by atoms with Gasteiger partial charge < -0.3 is 10.5 Å². The van der Waals surface area contributed by atoms with Gasteiger partial charge in [0.25, 0.3) is 0 Å². The van der Waals surface area contributed by atoms with E-state index >= 15 is 0 Å². The van der Waals surface area contributed by atoms with E-state index in [1.54, 1.807) is 6.07 Å². The molecule has 0 heterocycles. The van der Waals surface area contributed by atoms with Gasteiger partial charge in [0, 0.05) is 5.56 Å². The minimum Gasteiger partial charge on any atom is -0.487 e. The second-order valence-corrected chi connectivity index (χ2v) is 4.51. The first-order chi connectivity index (χ1) is 10.1. The number of hydrogen-bond donors (Lipinski definition) is 1. The first kappa shape index (κ1) is 15.0. The first-order valence-corrected chi connectivity index (χ1v) is 6.47. The van der Waals surface area contributed by atoms with Crippen molar-refractivity contribution >= 4 is 0 Å². The van der Waals surface area contributed by atoms with Gasteiger partial charge in [-0.2, -0.15) is 0 Å². The van der Waals surface area contributed by atoms with Crippen molar-refractivity contribution in [3.05, 3.63) is 64.7 Å². The van der Waals surface area contributed by atoms with Gasteiger partial charge in [0.1, 0.15) is 12.4 Å². The summed E-state index contributed by atoms with van der Waals surface area (Å²) in [6.07, 6.45) is 0. The zero-order chi connectivity index (χ0) is 15.2. The lowest BCUT2D eigenvalue weighted by molar-refractivity contribution is 0.296. The van der Waals surface area contributed by atoms with Crippen LogP contribution < -0.4 is 10.5 Å². The summed E-state index contributed by atoms with van der Waals surface area (Å²) in [6.45, 7) is 2.11. The molecule has 4 heteroatoms. The maximum absolute atomic E-state index is 13.6. The van der Waals surface area contributed by atoms with Crippen LogP contribution in [-0.4, -0.2) is 6.54 Å². The number of hydrogen-bond acceptors (Lipinski definition) is 2. The Bertz CT molecular complexity index is 702. The van der Waals surface area contributed by atoms with Gasteiger partial charge in [-0.1, -0.05) is 30.0 Å². The molecule has 2 nitrogen and oxygen atoms in total. The molecule has 0 unspecified atom stereocenters. The van der Waals surface area contributed by atoms with Crippen molar-refractivity contribution in [2.75, 3.05) is 6.54 Å². The molecule has 108 valence electrons. The molecule has 0 saturated carbocycles. The highest BCUT2D eigenvalue weighted by atomic mass is 19.2. The normalized spacial score (nSPS) is 9.90. The summed E-state index contributed by atoms with van der Waals surface area (Å²) in [4.78, 5) is 0. The second kappa shape index (κ2) is 6.87. The van der Waals surface area contributed by atoms with E-state index < -0.39 is 11.6 Å².